The van der Waals surface area contributed by atoms with Crippen molar-refractivity contribution in [1.29, 1.82) is 5.26 Å². The highest BCUT2D eigenvalue weighted by Gasteiger charge is 2.06. The molecule has 3 aromatic carbocycles. The van der Waals surface area contributed by atoms with Crippen LogP contribution < -0.4 is 10.2 Å². The molecule has 28 heavy (non-hydrogen) atoms. The first-order valence-corrected chi connectivity index (χ1v) is 8.76. The summed E-state index contributed by atoms with van der Waals surface area (Å²) in [5.41, 5.74) is 6.42. The van der Waals surface area contributed by atoms with Gasteiger partial charge in [-0.05, 0) is 66.1 Å². The van der Waals surface area contributed by atoms with Crippen molar-refractivity contribution in [3.05, 3.63) is 101 Å². The van der Waals surface area contributed by atoms with E-state index in [2.05, 4.69) is 16.6 Å². The second kappa shape index (κ2) is 9.15. The van der Waals surface area contributed by atoms with E-state index in [-0.39, 0.29) is 5.91 Å². The molecule has 0 aliphatic carbocycles. The molecule has 0 bridgehead atoms. The minimum atomic E-state index is -0.242. The van der Waals surface area contributed by atoms with Crippen molar-refractivity contribution >= 4 is 12.1 Å². The van der Waals surface area contributed by atoms with E-state index in [1.807, 2.05) is 61.5 Å². The Balaban J connectivity index is 1.54. The van der Waals surface area contributed by atoms with Crippen LogP contribution in [0.2, 0.25) is 0 Å². The summed E-state index contributed by atoms with van der Waals surface area (Å²) in [6, 6.07) is 24.1. The molecule has 0 unspecified atom stereocenters. The maximum Gasteiger partial charge on any atom is 0.271 e. The number of carbonyl (C=O) groups is 1. The highest BCUT2D eigenvalue weighted by Crippen LogP contribution is 2.14. The van der Waals surface area contributed by atoms with Gasteiger partial charge < -0.3 is 4.74 Å². The molecular weight excluding hydrogens is 350 g/mol. The number of hydrogen-bond donors (Lipinski definition) is 1. The number of hydrazone groups is 1. The van der Waals surface area contributed by atoms with Gasteiger partial charge in [0, 0.05) is 5.56 Å². The molecule has 0 saturated carbocycles. The molecule has 0 spiro atoms. The Labute approximate surface area is 163 Å². The molecule has 138 valence electrons. The zero-order valence-corrected chi connectivity index (χ0v) is 15.4. The van der Waals surface area contributed by atoms with E-state index in [4.69, 9.17) is 10.00 Å². The van der Waals surface area contributed by atoms with Crippen LogP contribution >= 0.6 is 0 Å². The number of rotatable bonds is 6. The lowest BCUT2D eigenvalue weighted by Gasteiger charge is -2.07. The third-order valence-corrected chi connectivity index (χ3v) is 4.11. The quantitative estimate of drug-likeness (QED) is 0.522. The van der Waals surface area contributed by atoms with Gasteiger partial charge in [-0.3, -0.25) is 4.79 Å². The second-order valence-electron chi connectivity index (χ2n) is 6.18. The average Bonchev–Trinajstić information content (AvgIpc) is 2.73. The molecule has 0 saturated heterocycles. The van der Waals surface area contributed by atoms with Crippen LogP contribution in [0, 0.1) is 18.3 Å². The predicted octanol–water partition coefficient (Wildman–Crippen LogP) is 4.21. The van der Waals surface area contributed by atoms with Crippen LogP contribution in [0.3, 0.4) is 0 Å². The van der Waals surface area contributed by atoms with Crippen LogP contribution in [0.5, 0.6) is 5.75 Å². The monoisotopic (exact) mass is 369 g/mol. The van der Waals surface area contributed by atoms with E-state index in [0.717, 1.165) is 16.7 Å². The van der Waals surface area contributed by atoms with Crippen molar-refractivity contribution in [2.45, 2.75) is 13.5 Å². The number of nitrogens with one attached hydrogen (secondary N) is 1. The van der Waals surface area contributed by atoms with E-state index in [1.165, 1.54) is 0 Å². The number of nitrogens with zero attached hydrogens (tertiary/aromatic N) is 2. The summed E-state index contributed by atoms with van der Waals surface area (Å²) in [5.74, 6) is 0.470. The van der Waals surface area contributed by atoms with Gasteiger partial charge in [0.05, 0.1) is 17.8 Å². The molecule has 1 N–H and O–H groups in total. The van der Waals surface area contributed by atoms with Gasteiger partial charge in [-0.2, -0.15) is 10.4 Å². The number of nitriles is 1. The molecule has 3 aromatic rings. The molecule has 0 aromatic heterocycles. The molecule has 0 aliphatic rings. The number of amides is 1. The lowest BCUT2D eigenvalue weighted by molar-refractivity contribution is 0.0954. The normalized spacial score (nSPS) is 10.4. The minimum Gasteiger partial charge on any atom is -0.489 e. The molecule has 0 aliphatic heterocycles. The van der Waals surface area contributed by atoms with Crippen LogP contribution in [0.15, 0.2) is 77.9 Å². The van der Waals surface area contributed by atoms with Crippen molar-refractivity contribution in [1.82, 2.24) is 5.43 Å². The first-order valence-electron chi connectivity index (χ1n) is 8.76. The van der Waals surface area contributed by atoms with Gasteiger partial charge in [0.15, 0.2) is 0 Å². The zero-order valence-electron chi connectivity index (χ0n) is 15.4. The second-order valence-corrected chi connectivity index (χ2v) is 6.18. The predicted molar refractivity (Wildman–Crippen MR) is 108 cm³/mol. The number of carbonyl (C=O) groups excluding carboxylic acids is 1. The Bertz CT molecular complexity index is 1030. The van der Waals surface area contributed by atoms with Gasteiger partial charge >= 0.3 is 0 Å². The van der Waals surface area contributed by atoms with E-state index in [1.54, 1.807) is 24.4 Å². The van der Waals surface area contributed by atoms with Gasteiger partial charge in [0.1, 0.15) is 12.4 Å². The van der Waals surface area contributed by atoms with Crippen molar-refractivity contribution in [3.8, 4) is 11.8 Å². The number of benzene rings is 3. The van der Waals surface area contributed by atoms with Crippen LogP contribution in [-0.4, -0.2) is 12.1 Å². The summed E-state index contributed by atoms with van der Waals surface area (Å²) in [4.78, 5) is 12.1. The molecule has 5 heteroatoms. The number of ether oxygens (including phenoxy) is 1. The summed E-state index contributed by atoms with van der Waals surface area (Å²) < 4.78 is 5.74. The Kier molecular flexibility index (Phi) is 6.17. The van der Waals surface area contributed by atoms with Crippen LogP contribution in [0.4, 0.5) is 0 Å². The van der Waals surface area contributed by atoms with Crippen molar-refractivity contribution in [3.63, 3.8) is 0 Å². The molecule has 0 radical (unpaired) electrons. The van der Waals surface area contributed by atoms with Crippen LogP contribution in [-0.2, 0) is 6.61 Å². The molecule has 5 nitrogen and oxygen atoms in total. The SMILES string of the molecule is Cc1ccccc1C(=O)N/N=C/c1ccc(OCc2cccc(C#N)c2)cc1. The molecule has 0 atom stereocenters. The van der Waals surface area contributed by atoms with Crippen molar-refractivity contribution in [2.75, 3.05) is 0 Å². The topological polar surface area (TPSA) is 74.5 Å². The zero-order chi connectivity index (χ0) is 19.8. The summed E-state index contributed by atoms with van der Waals surface area (Å²) in [5, 5.41) is 12.9. The Morgan fingerprint density at radius 1 is 1.11 bits per heavy atom. The Hall–Kier alpha value is -3.91. The van der Waals surface area contributed by atoms with Crippen molar-refractivity contribution in [2.24, 2.45) is 5.10 Å². The average molecular weight is 369 g/mol. The van der Waals surface area contributed by atoms with Gasteiger partial charge in [-0.25, -0.2) is 5.43 Å². The third-order valence-electron chi connectivity index (χ3n) is 4.11. The fourth-order valence-corrected chi connectivity index (χ4v) is 2.60. The fraction of sp³-hybridized carbons (Fsp3) is 0.0870. The summed E-state index contributed by atoms with van der Waals surface area (Å²) >= 11 is 0. The summed E-state index contributed by atoms with van der Waals surface area (Å²) in [6.45, 7) is 2.27. The van der Waals surface area contributed by atoms with E-state index in [9.17, 15) is 4.79 Å². The molecule has 0 fully saturated rings. The van der Waals surface area contributed by atoms with Gasteiger partial charge in [-0.1, -0.05) is 30.3 Å². The Morgan fingerprint density at radius 2 is 1.89 bits per heavy atom. The largest absolute Gasteiger partial charge is 0.489 e. The van der Waals surface area contributed by atoms with E-state index < -0.39 is 0 Å². The van der Waals surface area contributed by atoms with Crippen LogP contribution in [0.25, 0.3) is 0 Å². The van der Waals surface area contributed by atoms with E-state index in [0.29, 0.717) is 23.5 Å². The minimum absolute atomic E-state index is 0.242. The standard InChI is InChI=1S/C23H19N3O2/c1-17-5-2-3-8-22(17)23(27)26-25-15-18-9-11-21(12-10-18)28-16-20-7-4-6-19(13-20)14-24/h2-13,15H,16H2,1H3,(H,26,27)/b25-15+. The highest BCUT2D eigenvalue weighted by molar-refractivity contribution is 5.96. The molecular formula is C23H19N3O2. The maximum atomic E-state index is 12.1. The van der Waals surface area contributed by atoms with Gasteiger partial charge in [-0.15, -0.1) is 0 Å². The molecule has 0 heterocycles. The Morgan fingerprint density at radius 3 is 2.64 bits per heavy atom. The highest BCUT2D eigenvalue weighted by atomic mass is 16.5. The molecule has 3 rings (SSSR count). The fourth-order valence-electron chi connectivity index (χ4n) is 2.60. The number of hydrogen-bond acceptors (Lipinski definition) is 4. The van der Waals surface area contributed by atoms with Gasteiger partial charge in [0.2, 0.25) is 0 Å². The first-order chi connectivity index (χ1) is 13.7. The first kappa shape index (κ1) is 18.9. The molecule has 1 amide bonds. The lowest BCUT2D eigenvalue weighted by Crippen LogP contribution is -2.18. The summed E-state index contributed by atoms with van der Waals surface area (Å²) in [7, 11) is 0. The van der Waals surface area contributed by atoms with Gasteiger partial charge in [0.25, 0.3) is 5.91 Å². The third kappa shape index (κ3) is 5.05. The number of aryl methyl sites for hydroxylation is 1. The van der Waals surface area contributed by atoms with Crippen molar-refractivity contribution < 1.29 is 9.53 Å². The lowest BCUT2D eigenvalue weighted by atomic mass is 10.1. The summed E-state index contributed by atoms with van der Waals surface area (Å²) in [6.07, 6.45) is 1.58. The smallest absolute Gasteiger partial charge is 0.271 e. The maximum absolute atomic E-state index is 12.1. The van der Waals surface area contributed by atoms with E-state index >= 15 is 0 Å². The van der Waals surface area contributed by atoms with Crippen LogP contribution in [0.1, 0.15) is 32.6 Å².